The zero-order chi connectivity index (χ0) is 13.8. The van der Waals surface area contributed by atoms with E-state index >= 15 is 0 Å². The van der Waals surface area contributed by atoms with Crippen molar-refractivity contribution in [2.45, 2.75) is 19.0 Å². The van der Waals surface area contributed by atoms with Crippen LogP contribution < -0.4 is 10.6 Å². The summed E-state index contributed by atoms with van der Waals surface area (Å²) in [7, 11) is 1.85. The minimum atomic E-state index is 0.749. The first-order valence-corrected chi connectivity index (χ1v) is 7.30. The summed E-state index contributed by atoms with van der Waals surface area (Å²) in [5.74, 6) is 1.61. The fourth-order valence-electron chi connectivity index (χ4n) is 1.80. The molecule has 5 heteroatoms. The lowest BCUT2D eigenvalue weighted by molar-refractivity contribution is 0.977. The lowest BCUT2D eigenvalue weighted by Crippen LogP contribution is -2.01. The zero-order valence-electron chi connectivity index (χ0n) is 11.6. The molecular formula is C14H18N4S. The average Bonchev–Trinajstić information content (AvgIpc) is 2.41. The van der Waals surface area contributed by atoms with Crippen molar-refractivity contribution in [1.29, 1.82) is 0 Å². The molecule has 0 saturated carbocycles. The molecule has 0 aliphatic rings. The van der Waals surface area contributed by atoms with E-state index in [-0.39, 0.29) is 0 Å². The monoisotopic (exact) mass is 274 g/mol. The minimum absolute atomic E-state index is 0.749. The molecule has 0 fully saturated rings. The fraction of sp³-hybridized carbons (Fsp3) is 0.286. The number of anilines is 3. The highest BCUT2D eigenvalue weighted by atomic mass is 32.2. The van der Waals surface area contributed by atoms with Gasteiger partial charge in [-0.05, 0) is 31.7 Å². The molecule has 0 aliphatic heterocycles. The normalized spacial score (nSPS) is 10.3. The lowest BCUT2D eigenvalue weighted by atomic mass is 10.1. The Balaban J connectivity index is 2.31. The maximum atomic E-state index is 4.46. The van der Waals surface area contributed by atoms with Crippen molar-refractivity contribution in [3.05, 3.63) is 35.4 Å². The lowest BCUT2D eigenvalue weighted by Gasteiger charge is -2.11. The number of hydrogen-bond donors (Lipinski definition) is 2. The molecule has 2 N–H and O–H groups in total. The number of thioether (sulfide) groups is 1. The molecule has 0 bridgehead atoms. The van der Waals surface area contributed by atoms with Crippen molar-refractivity contribution in [3.63, 3.8) is 0 Å². The Morgan fingerprint density at radius 1 is 1.05 bits per heavy atom. The van der Waals surface area contributed by atoms with Crippen molar-refractivity contribution in [2.24, 2.45) is 0 Å². The van der Waals surface area contributed by atoms with E-state index in [0.717, 1.165) is 22.5 Å². The van der Waals surface area contributed by atoms with Gasteiger partial charge in [0.05, 0.1) is 0 Å². The second-order valence-corrected chi connectivity index (χ2v) is 5.09. The average molecular weight is 274 g/mol. The van der Waals surface area contributed by atoms with E-state index in [1.807, 2.05) is 19.4 Å². The highest BCUT2D eigenvalue weighted by molar-refractivity contribution is 7.98. The van der Waals surface area contributed by atoms with Crippen LogP contribution in [0, 0.1) is 13.8 Å². The van der Waals surface area contributed by atoms with Gasteiger partial charge < -0.3 is 10.6 Å². The summed E-state index contributed by atoms with van der Waals surface area (Å²) in [4.78, 5) is 8.81. The van der Waals surface area contributed by atoms with Gasteiger partial charge in [0, 0.05) is 18.8 Å². The van der Waals surface area contributed by atoms with Crippen LogP contribution in [0.2, 0.25) is 0 Å². The number of aryl methyl sites for hydroxylation is 2. The highest BCUT2D eigenvalue weighted by Gasteiger charge is 2.05. The van der Waals surface area contributed by atoms with Crippen LogP contribution in [0.4, 0.5) is 17.3 Å². The maximum Gasteiger partial charge on any atom is 0.191 e. The molecule has 1 aromatic heterocycles. The first-order valence-electron chi connectivity index (χ1n) is 6.07. The minimum Gasteiger partial charge on any atom is -0.373 e. The van der Waals surface area contributed by atoms with E-state index in [0.29, 0.717) is 0 Å². The smallest absolute Gasteiger partial charge is 0.191 e. The van der Waals surface area contributed by atoms with Gasteiger partial charge in [0.2, 0.25) is 0 Å². The van der Waals surface area contributed by atoms with Crippen LogP contribution >= 0.6 is 11.8 Å². The van der Waals surface area contributed by atoms with Gasteiger partial charge in [-0.25, -0.2) is 9.97 Å². The molecule has 0 atom stereocenters. The molecule has 0 unspecified atom stereocenters. The maximum absolute atomic E-state index is 4.46. The van der Waals surface area contributed by atoms with Gasteiger partial charge in [-0.15, -0.1) is 0 Å². The Morgan fingerprint density at radius 3 is 2.42 bits per heavy atom. The van der Waals surface area contributed by atoms with Gasteiger partial charge in [0.15, 0.2) is 5.16 Å². The molecule has 0 saturated heterocycles. The molecule has 1 aromatic carbocycles. The summed E-state index contributed by atoms with van der Waals surface area (Å²) in [5.41, 5.74) is 3.53. The second-order valence-electron chi connectivity index (χ2n) is 4.32. The predicted octanol–water partition coefficient (Wildman–Crippen LogP) is 3.60. The highest BCUT2D eigenvalue weighted by Crippen LogP contribution is 2.23. The van der Waals surface area contributed by atoms with Gasteiger partial charge in [-0.2, -0.15) is 0 Å². The van der Waals surface area contributed by atoms with E-state index in [9.17, 15) is 0 Å². The Morgan fingerprint density at radius 2 is 1.79 bits per heavy atom. The van der Waals surface area contributed by atoms with Crippen molar-refractivity contribution in [2.75, 3.05) is 23.9 Å². The van der Waals surface area contributed by atoms with E-state index in [2.05, 4.69) is 52.6 Å². The number of rotatable bonds is 4. The van der Waals surface area contributed by atoms with Crippen molar-refractivity contribution in [3.8, 4) is 0 Å². The third-order valence-electron chi connectivity index (χ3n) is 2.79. The first-order chi connectivity index (χ1) is 9.12. The molecule has 0 aliphatic carbocycles. The molecule has 19 heavy (non-hydrogen) atoms. The SMILES string of the molecule is CNc1cc(Nc2ccc(C)cc2C)nc(SC)n1. The summed E-state index contributed by atoms with van der Waals surface area (Å²) in [5, 5.41) is 7.14. The third kappa shape index (κ3) is 3.38. The Kier molecular flexibility index (Phi) is 4.27. The summed E-state index contributed by atoms with van der Waals surface area (Å²) < 4.78 is 0. The largest absolute Gasteiger partial charge is 0.373 e. The van der Waals surface area contributed by atoms with Gasteiger partial charge >= 0.3 is 0 Å². The van der Waals surface area contributed by atoms with Crippen LogP contribution in [-0.2, 0) is 0 Å². The van der Waals surface area contributed by atoms with Crippen LogP contribution in [0.3, 0.4) is 0 Å². The Bertz CT molecular complexity index is 561. The van der Waals surface area contributed by atoms with Gasteiger partial charge in [-0.1, -0.05) is 29.5 Å². The summed E-state index contributed by atoms with van der Waals surface area (Å²) in [6.45, 7) is 4.18. The van der Waals surface area contributed by atoms with Crippen molar-refractivity contribution >= 4 is 29.1 Å². The van der Waals surface area contributed by atoms with E-state index in [4.69, 9.17) is 0 Å². The molecule has 4 nitrogen and oxygen atoms in total. The second kappa shape index (κ2) is 5.93. The fourth-order valence-corrected chi connectivity index (χ4v) is 2.18. The first kappa shape index (κ1) is 13.7. The molecule has 0 spiro atoms. The molecule has 100 valence electrons. The van der Waals surface area contributed by atoms with Crippen LogP contribution in [0.5, 0.6) is 0 Å². The summed E-state index contributed by atoms with van der Waals surface area (Å²) in [6.07, 6.45) is 1.97. The standard InChI is InChI=1S/C14H18N4S/c1-9-5-6-11(10(2)7-9)16-13-8-12(15-3)17-14(18-13)19-4/h5-8H,1-4H3,(H2,15,16,17,18). The van der Waals surface area contributed by atoms with Crippen LogP contribution in [0.25, 0.3) is 0 Å². The van der Waals surface area contributed by atoms with Gasteiger partial charge in [0.25, 0.3) is 0 Å². The van der Waals surface area contributed by atoms with Gasteiger partial charge in [-0.3, -0.25) is 0 Å². The van der Waals surface area contributed by atoms with Gasteiger partial charge in [0.1, 0.15) is 11.6 Å². The molecule has 1 heterocycles. The molecule has 2 rings (SSSR count). The molecule has 0 amide bonds. The van der Waals surface area contributed by atoms with Crippen LogP contribution in [-0.4, -0.2) is 23.3 Å². The van der Waals surface area contributed by atoms with Crippen LogP contribution in [0.1, 0.15) is 11.1 Å². The van der Waals surface area contributed by atoms with Crippen molar-refractivity contribution in [1.82, 2.24) is 9.97 Å². The van der Waals surface area contributed by atoms with E-state index in [1.54, 1.807) is 0 Å². The van der Waals surface area contributed by atoms with Crippen molar-refractivity contribution < 1.29 is 0 Å². The number of benzene rings is 1. The molecule has 2 aromatic rings. The predicted molar refractivity (Wildman–Crippen MR) is 82.6 cm³/mol. The number of hydrogen-bond acceptors (Lipinski definition) is 5. The molecule has 0 radical (unpaired) electrons. The number of nitrogens with zero attached hydrogens (tertiary/aromatic N) is 2. The molecular weight excluding hydrogens is 256 g/mol. The summed E-state index contributed by atoms with van der Waals surface area (Å²) >= 11 is 1.53. The third-order valence-corrected chi connectivity index (χ3v) is 3.34. The Labute approximate surface area is 118 Å². The number of nitrogens with one attached hydrogen (secondary N) is 2. The van der Waals surface area contributed by atoms with E-state index in [1.165, 1.54) is 22.9 Å². The number of aromatic nitrogens is 2. The topological polar surface area (TPSA) is 49.8 Å². The quantitative estimate of drug-likeness (QED) is 0.659. The van der Waals surface area contributed by atoms with Crippen LogP contribution in [0.15, 0.2) is 29.4 Å². The Hall–Kier alpha value is -1.75. The van der Waals surface area contributed by atoms with E-state index < -0.39 is 0 Å². The summed E-state index contributed by atoms with van der Waals surface area (Å²) in [6, 6.07) is 8.21. The zero-order valence-corrected chi connectivity index (χ0v) is 12.4.